The fourth-order valence-electron chi connectivity index (χ4n) is 4.19. The Hall–Kier alpha value is -2.40. The van der Waals surface area contributed by atoms with E-state index in [1.54, 1.807) is 18.3 Å². The van der Waals surface area contributed by atoms with Crippen LogP contribution in [0.4, 0.5) is 5.69 Å². The molecule has 2 amide bonds. The molecule has 5 nitrogen and oxygen atoms in total. The highest BCUT2D eigenvalue weighted by atomic mass is 35.5. The number of pyridine rings is 1. The van der Waals surface area contributed by atoms with Crippen molar-refractivity contribution in [1.29, 1.82) is 0 Å². The number of carbonyl (C=O) groups is 2. The molecule has 0 saturated carbocycles. The lowest BCUT2D eigenvalue weighted by Crippen LogP contribution is -2.33. The lowest BCUT2D eigenvalue weighted by molar-refractivity contribution is -0.121. The molecule has 0 fully saturated rings. The predicted molar refractivity (Wildman–Crippen MR) is 105 cm³/mol. The molecule has 1 aromatic carbocycles. The minimum Gasteiger partial charge on any atom is -0.349 e. The van der Waals surface area contributed by atoms with Gasteiger partial charge in [0, 0.05) is 23.2 Å². The molecule has 0 saturated heterocycles. The Bertz CT molecular complexity index is 928. The standard InChI is InChI=1S/C21H22ClN3O2/c1-3-20(26)24-18-6-4-5-14-17(18)10-23-11-19(14)25-12(2)16-9-13(22)7-8-15(16)21(25)27/h7-12,18H,3-6H2,1-2H3,(H,24,26). The van der Waals surface area contributed by atoms with Gasteiger partial charge in [0.15, 0.2) is 0 Å². The van der Waals surface area contributed by atoms with Crippen LogP contribution in [0, 0.1) is 0 Å². The molecule has 1 aromatic heterocycles. The van der Waals surface area contributed by atoms with E-state index in [4.69, 9.17) is 11.6 Å². The molecule has 27 heavy (non-hydrogen) atoms. The molecule has 6 heteroatoms. The van der Waals surface area contributed by atoms with E-state index in [0.29, 0.717) is 17.0 Å². The third-order valence-electron chi connectivity index (χ3n) is 5.58. The van der Waals surface area contributed by atoms with Crippen LogP contribution in [-0.2, 0) is 11.2 Å². The van der Waals surface area contributed by atoms with Crippen molar-refractivity contribution in [2.75, 3.05) is 4.90 Å². The van der Waals surface area contributed by atoms with Crippen LogP contribution in [0.15, 0.2) is 30.6 Å². The summed E-state index contributed by atoms with van der Waals surface area (Å²) in [5.74, 6) is 0.00926. The number of rotatable bonds is 3. The van der Waals surface area contributed by atoms with E-state index in [0.717, 1.165) is 41.6 Å². The number of hydrogen-bond donors (Lipinski definition) is 1. The Morgan fingerprint density at radius 3 is 2.93 bits per heavy atom. The highest BCUT2D eigenvalue weighted by Crippen LogP contribution is 2.42. The monoisotopic (exact) mass is 383 g/mol. The summed E-state index contributed by atoms with van der Waals surface area (Å²) in [6, 6.07) is 5.27. The smallest absolute Gasteiger partial charge is 0.259 e. The zero-order valence-electron chi connectivity index (χ0n) is 15.5. The predicted octanol–water partition coefficient (Wildman–Crippen LogP) is 4.36. The molecule has 0 spiro atoms. The molecular formula is C21H22ClN3O2. The number of anilines is 1. The molecule has 1 N–H and O–H groups in total. The second kappa shape index (κ2) is 6.97. The number of fused-ring (bicyclic) bond motifs is 2. The van der Waals surface area contributed by atoms with Gasteiger partial charge in [-0.15, -0.1) is 0 Å². The summed E-state index contributed by atoms with van der Waals surface area (Å²) in [5, 5.41) is 3.72. The fourth-order valence-corrected chi connectivity index (χ4v) is 4.37. The number of nitrogens with one attached hydrogen (secondary N) is 1. The molecule has 2 aliphatic rings. The van der Waals surface area contributed by atoms with Gasteiger partial charge in [0.25, 0.3) is 5.91 Å². The number of carbonyl (C=O) groups excluding carboxylic acids is 2. The van der Waals surface area contributed by atoms with Gasteiger partial charge in [-0.2, -0.15) is 0 Å². The summed E-state index contributed by atoms with van der Waals surface area (Å²) in [4.78, 5) is 31.2. The van der Waals surface area contributed by atoms with E-state index in [1.165, 1.54) is 0 Å². The number of aromatic nitrogens is 1. The van der Waals surface area contributed by atoms with Gasteiger partial charge < -0.3 is 5.32 Å². The Morgan fingerprint density at radius 2 is 2.15 bits per heavy atom. The molecule has 2 unspecified atom stereocenters. The van der Waals surface area contributed by atoms with Crippen molar-refractivity contribution in [3.05, 3.63) is 57.9 Å². The molecule has 0 bridgehead atoms. The molecule has 1 aliphatic heterocycles. The van der Waals surface area contributed by atoms with Crippen molar-refractivity contribution < 1.29 is 9.59 Å². The largest absolute Gasteiger partial charge is 0.349 e. The van der Waals surface area contributed by atoms with Crippen molar-refractivity contribution in [3.8, 4) is 0 Å². The molecule has 0 radical (unpaired) electrons. The van der Waals surface area contributed by atoms with Crippen LogP contribution in [0.2, 0.25) is 5.02 Å². The zero-order chi connectivity index (χ0) is 19.1. The highest BCUT2D eigenvalue weighted by Gasteiger charge is 2.37. The maximum atomic E-state index is 13.1. The van der Waals surface area contributed by atoms with Gasteiger partial charge in [0.05, 0.1) is 24.0 Å². The molecule has 2 atom stereocenters. The van der Waals surface area contributed by atoms with E-state index in [9.17, 15) is 9.59 Å². The normalized spacial score (nSPS) is 21.0. The third kappa shape index (κ3) is 3.00. The van der Waals surface area contributed by atoms with Crippen LogP contribution in [-0.4, -0.2) is 16.8 Å². The maximum absolute atomic E-state index is 13.1. The zero-order valence-corrected chi connectivity index (χ0v) is 16.2. The number of amides is 2. The van der Waals surface area contributed by atoms with Gasteiger partial charge in [-0.25, -0.2) is 0 Å². The lowest BCUT2D eigenvalue weighted by atomic mass is 9.87. The van der Waals surface area contributed by atoms with Crippen molar-refractivity contribution >= 4 is 29.1 Å². The average Bonchev–Trinajstić information content (AvgIpc) is 2.91. The van der Waals surface area contributed by atoms with Crippen molar-refractivity contribution in [2.45, 2.75) is 51.6 Å². The average molecular weight is 384 g/mol. The summed E-state index contributed by atoms with van der Waals surface area (Å²) in [5.41, 5.74) is 4.60. The maximum Gasteiger partial charge on any atom is 0.259 e. The van der Waals surface area contributed by atoms with Crippen LogP contribution >= 0.6 is 11.6 Å². The van der Waals surface area contributed by atoms with Crippen LogP contribution in [0.25, 0.3) is 0 Å². The summed E-state index contributed by atoms with van der Waals surface area (Å²) < 4.78 is 0. The Morgan fingerprint density at radius 1 is 1.33 bits per heavy atom. The first-order valence-corrected chi connectivity index (χ1v) is 9.78. The van der Waals surface area contributed by atoms with Crippen molar-refractivity contribution in [3.63, 3.8) is 0 Å². The lowest BCUT2D eigenvalue weighted by Gasteiger charge is -2.31. The molecule has 2 heterocycles. The molecule has 1 aliphatic carbocycles. The van der Waals surface area contributed by atoms with Crippen molar-refractivity contribution in [1.82, 2.24) is 10.3 Å². The van der Waals surface area contributed by atoms with Gasteiger partial charge in [-0.1, -0.05) is 18.5 Å². The van der Waals surface area contributed by atoms with E-state index in [2.05, 4.69) is 10.3 Å². The Balaban J connectivity index is 1.75. The van der Waals surface area contributed by atoms with E-state index >= 15 is 0 Å². The molecule has 4 rings (SSSR count). The molecule has 140 valence electrons. The van der Waals surface area contributed by atoms with Gasteiger partial charge >= 0.3 is 0 Å². The number of benzene rings is 1. The van der Waals surface area contributed by atoms with Gasteiger partial charge in [0.2, 0.25) is 5.91 Å². The Labute approximate surface area is 163 Å². The first kappa shape index (κ1) is 18.0. The first-order valence-electron chi connectivity index (χ1n) is 9.40. The third-order valence-corrected chi connectivity index (χ3v) is 5.81. The quantitative estimate of drug-likeness (QED) is 0.856. The van der Waals surface area contributed by atoms with Crippen LogP contribution in [0.5, 0.6) is 0 Å². The summed E-state index contributed by atoms with van der Waals surface area (Å²) in [6.07, 6.45) is 6.78. The highest BCUT2D eigenvalue weighted by molar-refractivity contribution is 6.31. The minimum atomic E-state index is -0.106. The van der Waals surface area contributed by atoms with Gasteiger partial charge in [-0.3, -0.25) is 19.5 Å². The van der Waals surface area contributed by atoms with Crippen molar-refractivity contribution in [2.24, 2.45) is 0 Å². The van der Waals surface area contributed by atoms with Gasteiger partial charge in [0.1, 0.15) is 0 Å². The van der Waals surface area contributed by atoms with E-state index < -0.39 is 0 Å². The molecule has 2 aromatic rings. The summed E-state index contributed by atoms with van der Waals surface area (Å²) >= 11 is 6.14. The van der Waals surface area contributed by atoms with E-state index in [1.807, 2.05) is 31.0 Å². The van der Waals surface area contributed by atoms with Crippen LogP contribution in [0.3, 0.4) is 0 Å². The second-order valence-electron chi connectivity index (χ2n) is 7.17. The summed E-state index contributed by atoms with van der Waals surface area (Å²) in [6.45, 7) is 3.86. The first-order chi connectivity index (χ1) is 13.0. The van der Waals surface area contributed by atoms with E-state index in [-0.39, 0.29) is 23.9 Å². The Kier molecular flexibility index (Phi) is 4.64. The number of nitrogens with zero attached hydrogens (tertiary/aromatic N) is 2. The van der Waals surface area contributed by atoms with Gasteiger partial charge in [-0.05, 0) is 61.1 Å². The molecular weight excluding hydrogens is 362 g/mol. The number of hydrogen-bond acceptors (Lipinski definition) is 3. The topological polar surface area (TPSA) is 62.3 Å². The SMILES string of the molecule is CCC(=O)NC1CCCc2c1cncc2N1C(=O)c2ccc(Cl)cc2C1C. The fraction of sp³-hybridized carbons (Fsp3) is 0.381. The summed E-state index contributed by atoms with van der Waals surface area (Å²) in [7, 11) is 0. The minimum absolute atomic E-state index is 0.0240. The van der Waals surface area contributed by atoms with Crippen LogP contribution in [0.1, 0.15) is 72.2 Å². The number of halogens is 1. The second-order valence-corrected chi connectivity index (χ2v) is 7.61. The van der Waals surface area contributed by atoms with Crippen LogP contribution < -0.4 is 10.2 Å².